The van der Waals surface area contributed by atoms with Gasteiger partial charge in [0.1, 0.15) is 11.9 Å². The van der Waals surface area contributed by atoms with Crippen LogP contribution in [-0.4, -0.2) is 31.0 Å². The van der Waals surface area contributed by atoms with E-state index >= 15 is 0 Å². The number of benzene rings is 3. The van der Waals surface area contributed by atoms with Crippen molar-refractivity contribution in [1.29, 1.82) is 0 Å². The molecule has 1 unspecified atom stereocenters. The number of hydrogen-bond donors (Lipinski definition) is 4. The van der Waals surface area contributed by atoms with E-state index < -0.39 is 23.8 Å². The molecule has 0 aromatic heterocycles. The molecule has 9 heteroatoms. The van der Waals surface area contributed by atoms with Gasteiger partial charge in [-0.05, 0) is 54.6 Å². The zero-order chi connectivity index (χ0) is 23.1. The summed E-state index contributed by atoms with van der Waals surface area (Å²) in [5.41, 5.74) is 5.03. The molecule has 3 amide bonds. The number of carbonyl (C=O) groups is 2. The summed E-state index contributed by atoms with van der Waals surface area (Å²) in [5.74, 6) is -1.17. The van der Waals surface area contributed by atoms with E-state index in [9.17, 15) is 14.0 Å². The molecule has 0 saturated heterocycles. The first-order chi connectivity index (χ1) is 15.3. The van der Waals surface area contributed by atoms with Gasteiger partial charge in [-0.2, -0.15) is 0 Å². The number of hydrogen-bond acceptors (Lipinski definition) is 4. The number of rotatable bonds is 7. The highest BCUT2D eigenvalue weighted by atomic mass is 79.9. The fourth-order valence-corrected chi connectivity index (χ4v) is 3.19. The minimum atomic E-state index is -1.24. The number of nitrogens with one attached hydrogen (secondary N) is 4. The summed E-state index contributed by atoms with van der Waals surface area (Å²) < 4.78 is 15.3. The van der Waals surface area contributed by atoms with Crippen LogP contribution in [-0.2, 0) is 4.79 Å². The number of halogens is 2. The minimum Gasteiger partial charge on any atom is -0.324 e. The highest BCUT2D eigenvalue weighted by molar-refractivity contribution is 9.10. The van der Waals surface area contributed by atoms with Crippen LogP contribution in [0.15, 0.2) is 77.3 Å². The summed E-state index contributed by atoms with van der Waals surface area (Å²) >= 11 is 3.33. The van der Waals surface area contributed by atoms with Crippen LogP contribution < -0.4 is 21.4 Å². The molecule has 0 saturated carbocycles. The van der Waals surface area contributed by atoms with Crippen LogP contribution in [0, 0.1) is 5.82 Å². The van der Waals surface area contributed by atoms with Crippen molar-refractivity contribution >= 4 is 44.9 Å². The van der Waals surface area contributed by atoms with Crippen molar-refractivity contribution in [3.05, 3.63) is 88.6 Å². The van der Waals surface area contributed by atoms with Crippen LogP contribution in [0.1, 0.15) is 11.6 Å². The maximum atomic E-state index is 14.5. The first kappa shape index (κ1) is 23.2. The molecule has 0 radical (unpaired) electrons. The fourth-order valence-electron chi connectivity index (χ4n) is 2.93. The molecular formula is C23H23BrFN5O2. The minimum absolute atomic E-state index is 0.0573. The van der Waals surface area contributed by atoms with E-state index in [0.717, 1.165) is 10.2 Å². The second-order valence-electron chi connectivity index (χ2n) is 7.13. The first-order valence-corrected chi connectivity index (χ1v) is 10.5. The van der Waals surface area contributed by atoms with Crippen molar-refractivity contribution in [2.24, 2.45) is 0 Å². The van der Waals surface area contributed by atoms with Crippen molar-refractivity contribution in [2.45, 2.75) is 6.04 Å². The molecule has 0 aliphatic heterocycles. The van der Waals surface area contributed by atoms with Crippen molar-refractivity contribution < 1.29 is 14.0 Å². The van der Waals surface area contributed by atoms with E-state index in [2.05, 4.69) is 37.3 Å². The van der Waals surface area contributed by atoms with Gasteiger partial charge < -0.3 is 21.4 Å². The quantitative estimate of drug-likeness (QED) is 0.345. The van der Waals surface area contributed by atoms with Crippen molar-refractivity contribution in [1.82, 2.24) is 10.3 Å². The number of hydrazine groups is 1. The second-order valence-corrected chi connectivity index (χ2v) is 8.05. The Labute approximate surface area is 194 Å². The van der Waals surface area contributed by atoms with E-state index in [1.807, 2.05) is 14.1 Å². The molecule has 0 spiro atoms. The zero-order valence-electron chi connectivity index (χ0n) is 17.5. The Bertz CT molecular complexity index is 1070. The van der Waals surface area contributed by atoms with Gasteiger partial charge in [-0.1, -0.05) is 34.1 Å². The van der Waals surface area contributed by atoms with Gasteiger partial charge in [0.2, 0.25) is 0 Å². The Morgan fingerprint density at radius 1 is 0.844 bits per heavy atom. The molecule has 1 atom stereocenters. The lowest BCUT2D eigenvalue weighted by Crippen LogP contribution is -2.39. The van der Waals surface area contributed by atoms with Crippen molar-refractivity contribution in [2.75, 3.05) is 30.2 Å². The van der Waals surface area contributed by atoms with Gasteiger partial charge in [0.05, 0.1) is 0 Å². The molecule has 3 aromatic carbocycles. The summed E-state index contributed by atoms with van der Waals surface area (Å²) in [5, 5.41) is 9.73. The SMILES string of the molecule is CN(C)Nc1ccc(NC(=O)C(NC(=O)Nc2ccc(Br)cc2)c2ccccc2F)cc1. The fraction of sp³-hybridized carbons (Fsp3) is 0.130. The predicted molar refractivity (Wildman–Crippen MR) is 128 cm³/mol. The summed E-state index contributed by atoms with van der Waals surface area (Å²) in [7, 11) is 3.72. The highest BCUT2D eigenvalue weighted by Gasteiger charge is 2.25. The first-order valence-electron chi connectivity index (χ1n) is 9.74. The van der Waals surface area contributed by atoms with Crippen LogP contribution in [0.4, 0.5) is 26.2 Å². The largest absolute Gasteiger partial charge is 0.324 e. The number of amides is 3. The molecule has 0 aliphatic carbocycles. The van der Waals surface area contributed by atoms with Gasteiger partial charge in [0, 0.05) is 41.2 Å². The number of urea groups is 1. The summed E-state index contributed by atoms with van der Waals surface area (Å²) in [6, 6.07) is 17.9. The molecule has 32 heavy (non-hydrogen) atoms. The van der Waals surface area contributed by atoms with Gasteiger partial charge in [-0.25, -0.2) is 14.2 Å². The standard InChI is InChI=1S/C23H23BrFN5O2/c1-30(2)29-18-13-11-16(12-14-18)26-22(31)21(19-5-3-4-6-20(19)25)28-23(32)27-17-9-7-15(24)8-10-17/h3-14,21,29H,1-2H3,(H,26,31)(H2,27,28,32). The number of nitrogens with zero attached hydrogens (tertiary/aromatic N) is 1. The van der Waals surface area contributed by atoms with Gasteiger partial charge in [-0.3, -0.25) is 4.79 Å². The van der Waals surface area contributed by atoms with E-state index in [1.54, 1.807) is 59.6 Å². The monoisotopic (exact) mass is 499 g/mol. The Morgan fingerprint density at radius 2 is 1.41 bits per heavy atom. The third-order valence-electron chi connectivity index (χ3n) is 4.36. The molecule has 3 rings (SSSR count). The highest BCUT2D eigenvalue weighted by Crippen LogP contribution is 2.21. The third-order valence-corrected chi connectivity index (χ3v) is 4.89. The van der Waals surface area contributed by atoms with Gasteiger partial charge >= 0.3 is 6.03 Å². The molecule has 0 bridgehead atoms. The van der Waals surface area contributed by atoms with Crippen LogP contribution in [0.2, 0.25) is 0 Å². The van der Waals surface area contributed by atoms with Crippen LogP contribution in [0.3, 0.4) is 0 Å². The van der Waals surface area contributed by atoms with Crippen molar-refractivity contribution in [3.8, 4) is 0 Å². The lowest BCUT2D eigenvalue weighted by atomic mass is 10.1. The Hall–Kier alpha value is -3.43. The van der Waals surface area contributed by atoms with Gasteiger partial charge in [-0.15, -0.1) is 0 Å². The molecule has 0 fully saturated rings. The predicted octanol–water partition coefficient (Wildman–Crippen LogP) is 4.98. The maximum absolute atomic E-state index is 14.5. The van der Waals surface area contributed by atoms with Crippen molar-refractivity contribution in [3.63, 3.8) is 0 Å². The molecule has 0 heterocycles. The third kappa shape index (κ3) is 6.53. The summed E-state index contributed by atoms with van der Waals surface area (Å²) in [6.45, 7) is 0. The van der Waals surface area contributed by atoms with Crippen LogP contribution in [0.5, 0.6) is 0 Å². The Morgan fingerprint density at radius 3 is 2.03 bits per heavy atom. The second kappa shape index (κ2) is 10.7. The molecule has 166 valence electrons. The van der Waals surface area contributed by atoms with E-state index in [1.165, 1.54) is 18.2 Å². The maximum Gasteiger partial charge on any atom is 0.320 e. The van der Waals surface area contributed by atoms with Crippen LogP contribution >= 0.6 is 15.9 Å². The Kier molecular flexibility index (Phi) is 7.80. The number of anilines is 3. The normalized spacial score (nSPS) is 11.5. The topological polar surface area (TPSA) is 85.5 Å². The van der Waals surface area contributed by atoms with E-state index in [0.29, 0.717) is 11.4 Å². The summed E-state index contributed by atoms with van der Waals surface area (Å²) in [6.07, 6.45) is 0. The van der Waals surface area contributed by atoms with Gasteiger partial charge in [0.25, 0.3) is 5.91 Å². The summed E-state index contributed by atoms with van der Waals surface area (Å²) in [4.78, 5) is 25.6. The molecule has 4 N–H and O–H groups in total. The molecule has 7 nitrogen and oxygen atoms in total. The van der Waals surface area contributed by atoms with E-state index in [-0.39, 0.29) is 5.56 Å². The smallest absolute Gasteiger partial charge is 0.320 e. The average Bonchev–Trinajstić information content (AvgIpc) is 2.75. The molecule has 0 aliphatic rings. The zero-order valence-corrected chi connectivity index (χ0v) is 19.1. The number of carbonyl (C=O) groups excluding carboxylic acids is 2. The molecular weight excluding hydrogens is 477 g/mol. The van der Waals surface area contributed by atoms with Gasteiger partial charge in [0.15, 0.2) is 0 Å². The molecule has 3 aromatic rings. The lowest BCUT2D eigenvalue weighted by molar-refractivity contribution is -0.118. The van der Waals surface area contributed by atoms with Crippen LogP contribution in [0.25, 0.3) is 0 Å². The Balaban J connectivity index is 1.76. The average molecular weight is 500 g/mol. The lowest BCUT2D eigenvalue weighted by Gasteiger charge is -2.20. The van der Waals surface area contributed by atoms with E-state index in [4.69, 9.17) is 0 Å².